The molecule has 1 aliphatic rings. The fourth-order valence-corrected chi connectivity index (χ4v) is 1.90. The van der Waals surface area contributed by atoms with Gasteiger partial charge in [0.15, 0.2) is 11.6 Å². The van der Waals surface area contributed by atoms with Crippen LogP contribution in [0.5, 0.6) is 0 Å². The molecule has 0 radical (unpaired) electrons. The lowest BCUT2D eigenvalue weighted by molar-refractivity contribution is -0.131. The Morgan fingerprint density at radius 1 is 1.16 bits per heavy atom. The number of hydrogen-bond donors (Lipinski definition) is 1. The lowest BCUT2D eigenvalue weighted by Gasteiger charge is -2.30. The summed E-state index contributed by atoms with van der Waals surface area (Å²) in [5.41, 5.74) is -0.275. The van der Waals surface area contributed by atoms with Crippen LogP contribution < -0.4 is 4.90 Å². The van der Waals surface area contributed by atoms with Gasteiger partial charge in [0.2, 0.25) is 0 Å². The average molecular weight is 271 g/mol. The molecule has 0 bridgehead atoms. The zero-order valence-corrected chi connectivity index (χ0v) is 9.86. The lowest BCUT2D eigenvalue weighted by Crippen LogP contribution is -2.37. The van der Waals surface area contributed by atoms with Crippen molar-refractivity contribution in [1.82, 2.24) is 0 Å². The Labute approximate surface area is 107 Å². The SMILES string of the molecule is O=C(O)C(=O)c1cc(F)c(F)cc1N1CCOCC1. The van der Waals surface area contributed by atoms with Crippen LogP contribution in [0.4, 0.5) is 14.5 Å². The van der Waals surface area contributed by atoms with E-state index < -0.39 is 23.4 Å². The third-order valence-corrected chi connectivity index (χ3v) is 2.83. The number of morpholine rings is 1. The van der Waals surface area contributed by atoms with E-state index in [0.29, 0.717) is 32.4 Å². The van der Waals surface area contributed by atoms with Gasteiger partial charge in [-0.2, -0.15) is 0 Å². The minimum atomic E-state index is -1.71. The number of carboxylic acids is 1. The second kappa shape index (κ2) is 5.31. The first-order chi connectivity index (χ1) is 9.00. The highest BCUT2D eigenvalue weighted by Crippen LogP contribution is 2.25. The number of anilines is 1. The third kappa shape index (κ3) is 2.70. The van der Waals surface area contributed by atoms with Gasteiger partial charge in [0, 0.05) is 19.2 Å². The van der Waals surface area contributed by atoms with Gasteiger partial charge in [0.05, 0.1) is 24.5 Å². The van der Waals surface area contributed by atoms with Crippen LogP contribution in [0, 0.1) is 11.6 Å². The highest BCUT2D eigenvalue weighted by atomic mass is 19.2. The van der Waals surface area contributed by atoms with Gasteiger partial charge in [-0.15, -0.1) is 0 Å². The van der Waals surface area contributed by atoms with Crippen molar-refractivity contribution in [2.45, 2.75) is 0 Å². The number of ketones is 1. The zero-order chi connectivity index (χ0) is 14.0. The summed E-state index contributed by atoms with van der Waals surface area (Å²) >= 11 is 0. The molecular weight excluding hydrogens is 260 g/mol. The van der Waals surface area contributed by atoms with Crippen LogP contribution >= 0.6 is 0 Å². The summed E-state index contributed by atoms with van der Waals surface area (Å²) in [6.07, 6.45) is 0. The topological polar surface area (TPSA) is 66.8 Å². The predicted molar refractivity (Wildman–Crippen MR) is 61.4 cm³/mol. The molecule has 1 saturated heterocycles. The Kier molecular flexibility index (Phi) is 3.75. The number of rotatable bonds is 3. The normalized spacial score (nSPS) is 15.4. The van der Waals surface area contributed by atoms with E-state index in [1.165, 1.54) is 0 Å². The summed E-state index contributed by atoms with van der Waals surface area (Å²) in [6.45, 7) is 1.51. The molecule has 1 fully saturated rings. The van der Waals surface area contributed by atoms with Crippen molar-refractivity contribution in [3.8, 4) is 0 Å². The summed E-state index contributed by atoms with van der Waals surface area (Å²) in [5.74, 6) is -5.34. The Bertz CT molecular complexity index is 527. The summed E-state index contributed by atoms with van der Waals surface area (Å²) in [4.78, 5) is 23.8. The third-order valence-electron chi connectivity index (χ3n) is 2.83. The van der Waals surface area contributed by atoms with Crippen LogP contribution in [0.2, 0.25) is 0 Å². The first-order valence-electron chi connectivity index (χ1n) is 5.60. The van der Waals surface area contributed by atoms with Gasteiger partial charge in [-0.05, 0) is 6.07 Å². The number of ether oxygens (including phenoxy) is 1. The van der Waals surface area contributed by atoms with Gasteiger partial charge in [0.25, 0.3) is 5.78 Å². The molecule has 1 heterocycles. The Morgan fingerprint density at radius 3 is 2.32 bits per heavy atom. The molecule has 0 atom stereocenters. The molecule has 1 aromatic carbocycles. The Morgan fingerprint density at radius 2 is 1.74 bits per heavy atom. The number of carbonyl (C=O) groups excluding carboxylic acids is 1. The molecule has 0 aliphatic carbocycles. The van der Waals surface area contributed by atoms with Crippen molar-refractivity contribution >= 4 is 17.4 Å². The average Bonchev–Trinajstić information content (AvgIpc) is 2.41. The molecule has 102 valence electrons. The van der Waals surface area contributed by atoms with Gasteiger partial charge in [0.1, 0.15) is 0 Å². The summed E-state index contributed by atoms with van der Waals surface area (Å²) in [6, 6.07) is 1.47. The van der Waals surface area contributed by atoms with Crippen LogP contribution in [0.3, 0.4) is 0 Å². The maximum Gasteiger partial charge on any atom is 0.377 e. The van der Waals surface area contributed by atoms with Crippen LogP contribution in [-0.4, -0.2) is 43.2 Å². The molecule has 0 aromatic heterocycles. The summed E-state index contributed by atoms with van der Waals surface area (Å²) < 4.78 is 31.6. The maximum absolute atomic E-state index is 13.3. The quantitative estimate of drug-likeness (QED) is 0.658. The second-order valence-electron chi connectivity index (χ2n) is 4.02. The van der Waals surface area contributed by atoms with Crippen molar-refractivity contribution in [2.24, 2.45) is 0 Å². The molecule has 0 saturated carbocycles. The monoisotopic (exact) mass is 271 g/mol. The van der Waals surface area contributed by atoms with Crippen molar-refractivity contribution in [3.05, 3.63) is 29.3 Å². The fraction of sp³-hybridized carbons (Fsp3) is 0.333. The maximum atomic E-state index is 13.3. The van der Waals surface area contributed by atoms with Crippen molar-refractivity contribution in [3.63, 3.8) is 0 Å². The standard InChI is InChI=1S/C12H11F2NO4/c13-8-5-7(11(16)12(17)18)10(6-9(8)14)15-1-3-19-4-2-15/h5-6H,1-4H2,(H,17,18). The molecule has 19 heavy (non-hydrogen) atoms. The van der Waals surface area contributed by atoms with Gasteiger partial charge < -0.3 is 14.7 Å². The van der Waals surface area contributed by atoms with E-state index in [1.54, 1.807) is 4.90 Å². The van der Waals surface area contributed by atoms with E-state index in [2.05, 4.69) is 0 Å². The van der Waals surface area contributed by atoms with E-state index in [0.717, 1.165) is 6.07 Å². The number of hydrogen-bond acceptors (Lipinski definition) is 4. The molecule has 7 heteroatoms. The summed E-state index contributed by atoms with van der Waals surface area (Å²) in [5, 5.41) is 8.71. The van der Waals surface area contributed by atoms with Gasteiger partial charge >= 0.3 is 5.97 Å². The van der Waals surface area contributed by atoms with Gasteiger partial charge in [-0.3, -0.25) is 4.79 Å². The highest BCUT2D eigenvalue weighted by molar-refractivity contribution is 6.41. The number of Topliss-reactive ketones (excluding diaryl/α,β-unsaturated/α-hetero) is 1. The number of carbonyl (C=O) groups is 2. The van der Waals surface area contributed by atoms with Crippen molar-refractivity contribution in [2.75, 3.05) is 31.2 Å². The minimum absolute atomic E-state index is 0.0783. The Hall–Kier alpha value is -2.02. The second-order valence-corrected chi connectivity index (χ2v) is 4.02. The van der Waals surface area contributed by atoms with E-state index in [-0.39, 0.29) is 11.3 Å². The molecule has 0 unspecified atom stereocenters. The number of carboxylic acid groups (broad SMARTS) is 1. The zero-order valence-electron chi connectivity index (χ0n) is 9.86. The molecule has 2 rings (SSSR count). The van der Waals surface area contributed by atoms with Gasteiger partial charge in [-0.1, -0.05) is 0 Å². The van der Waals surface area contributed by atoms with Crippen LogP contribution in [0.25, 0.3) is 0 Å². The fourth-order valence-electron chi connectivity index (χ4n) is 1.90. The number of nitrogens with zero attached hydrogens (tertiary/aromatic N) is 1. The van der Waals surface area contributed by atoms with Crippen molar-refractivity contribution in [1.29, 1.82) is 0 Å². The number of benzene rings is 1. The van der Waals surface area contributed by atoms with Gasteiger partial charge in [-0.25, -0.2) is 13.6 Å². The van der Waals surface area contributed by atoms with Crippen LogP contribution in [0.15, 0.2) is 12.1 Å². The van der Waals surface area contributed by atoms with E-state index in [9.17, 15) is 18.4 Å². The van der Waals surface area contributed by atoms with Crippen LogP contribution in [0.1, 0.15) is 10.4 Å². The highest BCUT2D eigenvalue weighted by Gasteiger charge is 2.25. The molecule has 1 aromatic rings. The van der Waals surface area contributed by atoms with Crippen molar-refractivity contribution < 1.29 is 28.2 Å². The molecule has 0 amide bonds. The number of aliphatic carboxylic acids is 1. The molecule has 1 N–H and O–H groups in total. The minimum Gasteiger partial charge on any atom is -0.475 e. The lowest BCUT2D eigenvalue weighted by atomic mass is 10.1. The number of halogens is 2. The van der Waals surface area contributed by atoms with E-state index in [1.807, 2.05) is 0 Å². The first kappa shape index (κ1) is 13.4. The Balaban J connectivity index is 2.47. The molecule has 1 aliphatic heterocycles. The molecule has 5 nitrogen and oxygen atoms in total. The summed E-state index contributed by atoms with van der Waals surface area (Å²) in [7, 11) is 0. The van der Waals surface area contributed by atoms with Crippen LogP contribution in [-0.2, 0) is 9.53 Å². The van der Waals surface area contributed by atoms with E-state index >= 15 is 0 Å². The smallest absolute Gasteiger partial charge is 0.377 e. The predicted octanol–water partition coefficient (Wildman–Crippen LogP) is 1.07. The largest absolute Gasteiger partial charge is 0.475 e. The first-order valence-corrected chi connectivity index (χ1v) is 5.60. The molecular formula is C12H11F2NO4. The molecule has 0 spiro atoms. The van der Waals surface area contributed by atoms with E-state index in [4.69, 9.17) is 9.84 Å².